The Bertz CT molecular complexity index is 125. The summed E-state index contributed by atoms with van der Waals surface area (Å²) in [5.74, 6) is 0. The van der Waals surface area contributed by atoms with Crippen molar-refractivity contribution in [3.05, 3.63) is 0 Å². The molecule has 0 radical (unpaired) electrons. The fourth-order valence-corrected chi connectivity index (χ4v) is 1.07. The summed E-state index contributed by atoms with van der Waals surface area (Å²) in [6.45, 7) is 0. The van der Waals surface area contributed by atoms with Gasteiger partial charge in [-0.05, 0) is 28.2 Å². The van der Waals surface area contributed by atoms with E-state index in [4.69, 9.17) is 0 Å². The van der Waals surface area contributed by atoms with Gasteiger partial charge in [0, 0.05) is 15.5 Å². The molecular formula is C4H12BrN2OP. The molecule has 0 aliphatic heterocycles. The summed E-state index contributed by atoms with van der Waals surface area (Å²) in [6.07, 6.45) is -2.36. The van der Waals surface area contributed by atoms with Crippen LogP contribution in [0.25, 0.3) is 0 Å². The van der Waals surface area contributed by atoms with Gasteiger partial charge in [0.2, 0.25) is 0 Å². The third-order valence-corrected chi connectivity index (χ3v) is 6.77. The highest BCUT2D eigenvalue weighted by atomic mass is 79.9. The van der Waals surface area contributed by atoms with E-state index in [1.807, 2.05) is 0 Å². The minimum atomic E-state index is -2.36. The normalized spacial score (nSPS) is 13.2. The molecule has 0 aromatic heterocycles. The summed E-state index contributed by atoms with van der Waals surface area (Å²) in [4.78, 5) is 0. The van der Waals surface area contributed by atoms with Crippen molar-refractivity contribution in [2.45, 2.75) is 0 Å². The molecule has 0 spiro atoms. The molecule has 0 amide bonds. The highest BCUT2D eigenvalue weighted by molar-refractivity contribution is 9.39. The summed E-state index contributed by atoms with van der Waals surface area (Å²) in [6, 6.07) is 0. The molecule has 0 fully saturated rings. The topological polar surface area (TPSA) is 23.6 Å². The number of hydrogen-bond donors (Lipinski definition) is 0. The Morgan fingerprint density at radius 2 is 1.33 bits per heavy atom. The van der Waals surface area contributed by atoms with Gasteiger partial charge in [-0.15, -0.1) is 0 Å². The minimum absolute atomic E-state index is 1.66. The van der Waals surface area contributed by atoms with Gasteiger partial charge in [-0.1, -0.05) is 0 Å². The molecule has 56 valence electrons. The van der Waals surface area contributed by atoms with Gasteiger partial charge in [-0.25, -0.2) is 9.34 Å². The van der Waals surface area contributed by atoms with Crippen LogP contribution >= 0.6 is 21.6 Å². The lowest BCUT2D eigenvalue weighted by Gasteiger charge is -2.24. The molecule has 0 N–H and O–H groups in total. The molecule has 0 aromatic carbocycles. The molecule has 5 heteroatoms. The van der Waals surface area contributed by atoms with Gasteiger partial charge in [0.05, 0.1) is 0 Å². The molecule has 0 atom stereocenters. The van der Waals surface area contributed by atoms with E-state index in [0.717, 1.165) is 0 Å². The Hall–Kier alpha value is 0.630. The van der Waals surface area contributed by atoms with Crippen LogP contribution in [0.5, 0.6) is 0 Å². The van der Waals surface area contributed by atoms with Crippen molar-refractivity contribution in [3.63, 3.8) is 0 Å². The molecule has 0 unspecified atom stereocenters. The lowest BCUT2D eigenvalue weighted by atomic mass is 11.3. The van der Waals surface area contributed by atoms with Crippen molar-refractivity contribution in [2.24, 2.45) is 0 Å². The fourth-order valence-electron chi connectivity index (χ4n) is 0.358. The van der Waals surface area contributed by atoms with Crippen molar-refractivity contribution in [1.29, 1.82) is 0 Å². The lowest BCUT2D eigenvalue weighted by Crippen LogP contribution is -2.16. The van der Waals surface area contributed by atoms with Gasteiger partial charge in [0.25, 0.3) is 6.15 Å². The molecule has 0 saturated carbocycles. The van der Waals surface area contributed by atoms with Crippen molar-refractivity contribution in [3.8, 4) is 0 Å². The molecule has 0 rings (SSSR count). The first-order valence-corrected chi connectivity index (χ1v) is 6.17. The van der Waals surface area contributed by atoms with E-state index in [0.29, 0.717) is 0 Å². The van der Waals surface area contributed by atoms with Gasteiger partial charge in [-0.2, -0.15) is 0 Å². The third-order valence-electron chi connectivity index (χ3n) is 0.987. The number of hydrogen-bond acceptors (Lipinski definition) is 1. The molecule has 0 aromatic rings. The van der Waals surface area contributed by atoms with E-state index in [2.05, 4.69) is 15.5 Å². The average Bonchev–Trinajstić information content (AvgIpc) is 1.65. The molecule has 9 heavy (non-hydrogen) atoms. The van der Waals surface area contributed by atoms with E-state index >= 15 is 0 Å². The Kier molecular flexibility index (Phi) is 3.37. The second-order valence-electron chi connectivity index (χ2n) is 2.17. The van der Waals surface area contributed by atoms with Gasteiger partial charge in [0.1, 0.15) is 0 Å². The standard InChI is InChI=1S/C4H12BrN2OP/c1-6(2)9(5,8)7(3)4/h1-4H3. The summed E-state index contributed by atoms with van der Waals surface area (Å²) in [5.41, 5.74) is 0. The van der Waals surface area contributed by atoms with Crippen LogP contribution in [0.1, 0.15) is 0 Å². The quantitative estimate of drug-likeness (QED) is 0.653. The summed E-state index contributed by atoms with van der Waals surface area (Å²) < 4.78 is 14.7. The number of rotatable bonds is 2. The van der Waals surface area contributed by atoms with Gasteiger partial charge in [-0.3, -0.25) is 4.57 Å². The number of halogens is 1. The fraction of sp³-hybridized carbons (Fsp3) is 1.00. The Labute approximate surface area is 64.2 Å². The minimum Gasteiger partial charge on any atom is -0.276 e. The number of nitrogens with zero attached hydrogens (tertiary/aromatic N) is 2. The van der Waals surface area contributed by atoms with Crippen LogP contribution in [0.15, 0.2) is 0 Å². The van der Waals surface area contributed by atoms with Gasteiger partial charge in [0.15, 0.2) is 0 Å². The largest absolute Gasteiger partial charge is 0.278 e. The van der Waals surface area contributed by atoms with Crippen molar-refractivity contribution < 1.29 is 4.57 Å². The zero-order chi connectivity index (χ0) is 7.65. The van der Waals surface area contributed by atoms with E-state index in [1.54, 1.807) is 37.5 Å². The maximum absolute atomic E-state index is 11.4. The van der Waals surface area contributed by atoms with Crippen molar-refractivity contribution in [2.75, 3.05) is 28.2 Å². The molecule has 0 aliphatic rings. The molecule has 3 nitrogen and oxygen atoms in total. The summed E-state index contributed by atoms with van der Waals surface area (Å²) >= 11 is 3.12. The first-order valence-electron chi connectivity index (χ1n) is 2.54. The van der Waals surface area contributed by atoms with Crippen molar-refractivity contribution in [1.82, 2.24) is 9.34 Å². The van der Waals surface area contributed by atoms with Crippen LogP contribution in [0.2, 0.25) is 0 Å². The van der Waals surface area contributed by atoms with E-state index < -0.39 is 6.15 Å². The third kappa shape index (κ3) is 2.38. The zero-order valence-corrected chi connectivity index (χ0v) is 8.61. The van der Waals surface area contributed by atoms with Crippen LogP contribution in [0, 0.1) is 0 Å². The van der Waals surface area contributed by atoms with Gasteiger partial charge >= 0.3 is 0 Å². The van der Waals surface area contributed by atoms with Crippen LogP contribution in [0.3, 0.4) is 0 Å². The first-order chi connectivity index (χ1) is 3.89. The predicted molar refractivity (Wildman–Crippen MR) is 43.9 cm³/mol. The maximum Gasteiger partial charge on any atom is 0.278 e. The van der Waals surface area contributed by atoms with E-state index in [9.17, 15) is 4.57 Å². The smallest absolute Gasteiger partial charge is 0.276 e. The molecule has 0 heterocycles. The summed E-state index contributed by atoms with van der Waals surface area (Å²) in [7, 11) is 7.09. The highest BCUT2D eigenvalue weighted by Gasteiger charge is 2.22. The monoisotopic (exact) mass is 214 g/mol. The zero-order valence-electron chi connectivity index (χ0n) is 6.13. The van der Waals surface area contributed by atoms with Crippen LogP contribution in [-0.2, 0) is 4.57 Å². The Morgan fingerprint density at radius 1 is 1.11 bits per heavy atom. The first kappa shape index (κ1) is 9.63. The average molecular weight is 215 g/mol. The highest BCUT2D eigenvalue weighted by Crippen LogP contribution is 2.56. The van der Waals surface area contributed by atoms with Crippen LogP contribution < -0.4 is 0 Å². The van der Waals surface area contributed by atoms with E-state index in [1.165, 1.54) is 0 Å². The lowest BCUT2D eigenvalue weighted by molar-refractivity contribution is 0.469. The maximum atomic E-state index is 11.4. The van der Waals surface area contributed by atoms with Crippen LogP contribution in [-0.4, -0.2) is 37.5 Å². The molecule has 0 bridgehead atoms. The van der Waals surface area contributed by atoms with Crippen molar-refractivity contribution >= 4 is 21.6 Å². The van der Waals surface area contributed by atoms with Crippen LogP contribution in [0.4, 0.5) is 0 Å². The second kappa shape index (κ2) is 3.15. The predicted octanol–water partition coefficient (Wildman–Crippen LogP) is 1.61. The molecule has 0 aliphatic carbocycles. The van der Waals surface area contributed by atoms with Gasteiger partial charge < -0.3 is 0 Å². The molecule has 0 saturated heterocycles. The SMILES string of the molecule is CN(C)P(=O)(Br)N(C)C. The Balaban J connectivity index is 4.21. The molecular weight excluding hydrogens is 203 g/mol. The summed E-state index contributed by atoms with van der Waals surface area (Å²) in [5, 5.41) is 0. The second-order valence-corrected chi connectivity index (χ2v) is 7.49. The van der Waals surface area contributed by atoms with E-state index in [-0.39, 0.29) is 0 Å². The Morgan fingerprint density at radius 3 is 1.33 bits per heavy atom.